The number of pyridine rings is 1. The van der Waals surface area contributed by atoms with Crippen LogP contribution in [0.15, 0.2) is 48.5 Å². The predicted octanol–water partition coefficient (Wildman–Crippen LogP) is 4.78. The number of nitrogens with one attached hydrogen (secondary N) is 1. The first kappa shape index (κ1) is 20.6. The van der Waals surface area contributed by atoms with Gasteiger partial charge in [-0.1, -0.05) is 11.6 Å². The molecule has 1 heterocycles. The van der Waals surface area contributed by atoms with Gasteiger partial charge in [-0.05, 0) is 69.3 Å². The average molecular weight is 413 g/mol. The highest BCUT2D eigenvalue weighted by atomic mass is 35.5. The Bertz CT molecular complexity index is 1050. The second kappa shape index (κ2) is 8.92. The van der Waals surface area contributed by atoms with Crippen molar-refractivity contribution < 1.29 is 19.1 Å². The van der Waals surface area contributed by atoms with Crippen LogP contribution in [0.1, 0.15) is 29.9 Å². The number of hydrogen-bond donors (Lipinski definition) is 1. The van der Waals surface area contributed by atoms with Gasteiger partial charge in [0.15, 0.2) is 6.10 Å². The summed E-state index contributed by atoms with van der Waals surface area (Å²) in [5, 5.41) is 3.99. The Hall–Kier alpha value is -3.12. The first-order valence-corrected chi connectivity index (χ1v) is 9.56. The molecule has 1 amide bonds. The lowest BCUT2D eigenvalue weighted by molar-refractivity contribution is -0.123. The first-order chi connectivity index (χ1) is 13.9. The number of ether oxygens (including phenoxy) is 2. The maximum Gasteiger partial charge on any atom is 0.340 e. The predicted molar refractivity (Wildman–Crippen MR) is 113 cm³/mol. The summed E-state index contributed by atoms with van der Waals surface area (Å²) in [7, 11) is 0. The molecule has 0 saturated carbocycles. The van der Waals surface area contributed by atoms with Crippen molar-refractivity contribution in [1.82, 2.24) is 4.98 Å². The summed E-state index contributed by atoms with van der Waals surface area (Å²) >= 11 is 6.02. The van der Waals surface area contributed by atoms with E-state index in [1.165, 1.54) is 6.92 Å². The Morgan fingerprint density at radius 3 is 2.55 bits per heavy atom. The number of benzene rings is 2. The van der Waals surface area contributed by atoms with Crippen molar-refractivity contribution in [2.75, 3.05) is 11.9 Å². The quantitative estimate of drug-likeness (QED) is 0.589. The number of halogens is 1. The number of rotatable bonds is 6. The van der Waals surface area contributed by atoms with Gasteiger partial charge >= 0.3 is 5.97 Å². The highest BCUT2D eigenvalue weighted by Gasteiger charge is 2.21. The van der Waals surface area contributed by atoms with E-state index in [1.807, 2.05) is 6.92 Å². The number of carbonyl (C=O) groups excluding carboxylic acids is 2. The molecule has 1 aromatic heterocycles. The maximum absolute atomic E-state index is 12.6. The van der Waals surface area contributed by atoms with E-state index in [4.69, 9.17) is 21.1 Å². The van der Waals surface area contributed by atoms with Crippen LogP contribution >= 0.6 is 11.6 Å². The number of aryl methyl sites for hydroxylation is 1. The fraction of sp³-hybridized carbons (Fsp3) is 0.227. The Labute approximate surface area is 173 Å². The van der Waals surface area contributed by atoms with Gasteiger partial charge in [-0.2, -0.15) is 0 Å². The standard InChI is InChI=1S/C22H21ClN2O4/c1-4-28-18-8-6-17(7-9-18)25-21(26)14(3)29-22(27)19-12-15-11-16(23)5-10-20(15)24-13(19)2/h5-12,14H,4H2,1-3H3,(H,25,26). The molecule has 0 aliphatic carbocycles. The summed E-state index contributed by atoms with van der Waals surface area (Å²) < 4.78 is 10.7. The minimum Gasteiger partial charge on any atom is -0.494 e. The van der Waals surface area contributed by atoms with Crippen molar-refractivity contribution in [3.05, 3.63) is 64.8 Å². The zero-order chi connectivity index (χ0) is 21.0. The number of hydrogen-bond acceptors (Lipinski definition) is 5. The number of fused-ring (bicyclic) bond motifs is 1. The minimum atomic E-state index is -0.983. The van der Waals surface area contributed by atoms with Gasteiger partial charge in [0.1, 0.15) is 5.75 Å². The Kier molecular flexibility index (Phi) is 6.34. The van der Waals surface area contributed by atoms with Crippen LogP contribution in [-0.2, 0) is 9.53 Å². The van der Waals surface area contributed by atoms with E-state index >= 15 is 0 Å². The molecule has 1 unspecified atom stereocenters. The Balaban J connectivity index is 1.68. The number of carbonyl (C=O) groups is 2. The van der Waals surface area contributed by atoms with Gasteiger partial charge in [0, 0.05) is 16.1 Å². The smallest absolute Gasteiger partial charge is 0.340 e. The zero-order valence-corrected chi connectivity index (χ0v) is 17.1. The van der Waals surface area contributed by atoms with Crippen molar-refractivity contribution >= 4 is 40.1 Å². The van der Waals surface area contributed by atoms with Gasteiger partial charge in [0.05, 0.1) is 23.4 Å². The largest absolute Gasteiger partial charge is 0.494 e. The van der Waals surface area contributed by atoms with Gasteiger partial charge in [-0.25, -0.2) is 4.79 Å². The van der Waals surface area contributed by atoms with Crippen molar-refractivity contribution in [3.8, 4) is 5.75 Å². The molecular formula is C22H21ClN2O4. The highest BCUT2D eigenvalue weighted by Crippen LogP contribution is 2.22. The van der Waals surface area contributed by atoms with Crippen LogP contribution in [0.5, 0.6) is 5.75 Å². The summed E-state index contributed by atoms with van der Waals surface area (Å²) in [6.07, 6.45) is -0.983. The van der Waals surface area contributed by atoms with Gasteiger partial charge in [0.2, 0.25) is 0 Å². The van der Waals surface area contributed by atoms with E-state index in [9.17, 15) is 9.59 Å². The maximum atomic E-state index is 12.6. The highest BCUT2D eigenvalue weighted by molar-refractivity contribution is 6.31. The lowest BCUT2D eigenvalue weighted by atomic mass is 10.1. The monoisotopic (exact) mass is 412 g/mol. The summed E-state index contributed by atoms with van der Waals surface area (Å²) in [4.78, 5) is 29.4. The van der Waals surface area contributed by atoms with Crippen molar-refractivity contribution in [2.45, 2.75) is 26.9 Å². The molecule has 0 aliphatic heterocycles. The number of amides is 1. The van der Waals surface area contributed by atoms with E-state index in [0.29, 0.717) is 34.3 Å². The topological polar surface area (TPSA) is 77.5 Å². The molecule has 0 aliphatic rings. The van der Waals surface area contributed by atoms with E-state index in [1.54, 1.807) is 55.5 Å². The van der Waals surface area contributed by atoms with Crippen LogP contribution < -0.4 is 10.1 Å². The summed E-state index contributed by atoms with van der Waals surface area (Å²) in [5.41, 5.74) is 2.12. The summed E-state index contributed by atoms with van der Waals surface area (Å²) in [6.45, 7) is 5.69. The fourth-order valence-corrected chi connectivity index (χ4v) is 2.95. The molecule has 7 heteroatoms. The normalized spacial score (nSPS) is 11.7. The molecule has 0 saturated heterocycles. The van der Waals surface area contributed by atoms with Gasteiger partial charge < -0.3 is 14.8 Å². The number of nitrogens with zero attached hydrogens (tertiary/aromatic N) is 1. The average Bonchev–Trinajstić information content (AvgIpc) is 2.69. The van der Waals surface area contributed by atoms with E-state index in [-0.39, 0.29) is 0 Å². The second-order valence-corrected chi connectivity index (χ2v) is 6.89. The Morgan fingerprint density at radius 1 is 1.14 bits per heavy atom. The molecule has 1 atom stereocenters. The third-order valence-electron chi connectivity index (χ3n) is 4.27. The molecule has 150 valence electrons. The molecule has 0 fully saturated rings. The third kappa shape index (κ3) is 5.03. The SMILES string of the molecule is CCOc1ccc(NC(=O)C(C)OC(=O)c2cc3cc(Cl)ccc3nc2C)cc1. The number of esters is 1. The molecule has 29 heavy (non-hydrogen) atoms. The molecule has 6 nitrogen and oxygen atoms in total. The second-order valence-electron chi connectivity index (χ2n) is 6.45. The molecule has 0 radical (unpaired) electrons. The van der Waals surface area contributed by atoms with Crippen LogP contribution in [0.25, 0.3) is 10.9 Å². The van der Waals surface area contributed by atoms with E-state index < -0.39 is 18.0 Å². The number of aromatic nitrogens is 1. The van der Waals surface area contributed by atoms with Crippen LogP contribution in [0.3, 0.4) is 0 Å². The first-order valence-electron chi connectivity index (χ1n) is 9.19. The molecule has 3 rings (SSSR count). The van der Waals surface area contributed by atoms with Gasteiger partial charge in [-0.3, -0.25) is 9.78 Å². The summed E-state index contributed by atoms with van der Waals surface area (Å²) in [6, 6.07) is 13.9. The van der Waals surface area contributed by atoms with Crippen molar-refractivity contribution in [2.24, 2.45) is 0 Å². The lowest BCUT2D eigenvalue weighted by Gasteiger charge is -2.15. The van der Waals surface area contributed by atoms with Crippen molar-refractivity contribution in [1.29, 1.82) is 0 Å². The molecule has 2 aromatic carbocycles. The van der Waals surface area contributed by atoms with Gasteiger partial charge in [-0.15, -0.1) is 0 Å². The van der Waals surface area contributed by atoms with Gasteiger partial charge in [0.25, 0.3) is 5.91 Å². The Morgan fingerprint density at radius 2 is 1.86 bits per heavy atom. The minimum absolute atomic E-state index is 0.292. The van der Waals surface area contributed by atoms with Crippen LogP contribution in [0, 0.1) is 6.92 Å². The van der Waals surface area contributed by atoms with E-state index in [2.05, 4.69) is 10.3 Å². The van der Waals surface area contributed by atoms with Crippen LogP contribution in [-0.4, -0.2) is 29.6 Å². The molecular weight excluding hydrogens is 392 g/mol. The molecule has 0 spiro atoms. The summed E-state index contributed by atoms with van der Waals surface area (Å²) in [5.74, 6) is -0.340. The fourth-order valence-electron chi connectivity index (χ4n) is 2.77. The van der Waals surface area contributed by atoms with Crippen LogP contribution in [0.4, 0.5) is 5.69 Å². The molecule has 0 bridgehead atoms. The number of anilines is 1. The molecule has 3 aromatic rings. The van der Waals surface area contributed by atoms with Crippen molar-refractivity contribution in [3.63, 3.8) is 0 Å². The van der Waals surface area contributed by atoms with Crippen LogP contribution in [0.2, 0.25) is 5.02 Å². The molecule has 1 N–H and O–H groups in total. The lowest BCUT2D eigenvalue weighted by Crippen LogP contribution is -2.30. The zero-order valence-electron chi connectivity index (χ0n) is 16.4. The third-order valence-corrected chi connectivity index (χ3v) is 4.51. The van der Waals surface area contributed by atoms with E-state index in [0.717, 1.165) is 10.9 Å².